The number of nitrogens with two attached hydrogens (primary N) is 2. The molecule has 4 rings (SSSR count). The largest absolute Gasteiger partial charge is 0.394 e. The summed E-state index contributed by atoms with van der Waals surface area (Å²) < 4.78 is 2.82. The number of aliphatic hydroxyl groups is 1. The van der Waals surface area contributed by atoms with E-state index < -0.39 is 11.8 Å². The third kappa shape index (κ3) is 4.34. The zero-order valence-electron chi connectivity index (χ0n) is 16.9. The summed E-state index contributed by atoms with van der Waals surface area (Å²) in [5.74, 6) is -0.696. The lowest BCUT2D eigenvalue weighted by Crippen LogP contribution is -2.42. The molecule has 0 saturated heterocycles. The average Bonchev–Trinajstić information content (AvgIpc) is 3.34. The Bertz CT molecular complexity index is 1110. The van der Waals surface area contributed by atoms with Gasteiger partial charge in [0.25, 0.3) is 11.8 Å². The molecule has 3 heterocycles. The summed E-state index contributed by atoms with van der Waals surface area (Å²) in [6.07, 6.45) is 8.71. The topological polar surface area (TPSA) is 178 Å². The Balaban J connectivity index is 1.58. The number of hydrogen-bond donors (Lipinski definition) is 5. The van der Waals surface area contributed by atoms with Crippen molar-refractivity contribution in [2.75, 3.05) is 17.2 Å². The van der Waals surface area contributed by atoms with Crippen molar-refractivity contribution in [2.45, 2.75) is 44.3 Å². The summed E-state index contributed by atoms with van der Waals surface area (Å²) in [4.78, 5) is 29.1. The first-order chi connectivity index (χ1) is 15.0. The van der Waals surface area contributed by atoms with E-state index in [1.807, 2.05) is 0 Å². The Morgan fingerprint density at radius 2 is 2.10 bits per heavy atom. The first kappa shape index (κ1) is 20.8. The molecule has 3 aromatic rings. The van der Waals surface area contributed by atoms with Gasteiger partial charge in [-0.05, 0) is 18.9 Å². The molecule has 0 spiro atoms. The Kier molecular flexibility index (Phi) is 5.82. The standard InChI is InChI=1S/C19H25N9O3/c20-12-3-1-2-4-13(12)23-15-5-6-28-18(25-15)11(9-22-28)19(31)24-14-10-27(7-8-29)26-16(14)17(21)30/h5-6,9-10,12-13,29H,1-4,7-8,20H2,(H2,21,30)(H,23,25)(H,24,31)/t12-,13+/m0/s1. The van der Waals surface area contributed by atoms with Crippen LogP contribution in [0.4, 0.5) is 11.5 Å². The number of hydrogen-bond acceptors (Lipinski definition) is 8. The van der Waals surface area contributed by atoms with Crippen molar-refractivity contribution < 1.29 is 14.7 Å². The molecule has 0 aliphatic heterocycles. The fourth-order valence-corrected chi connectivity index (χ4v) is 3.74. The second kappa shape index (κ2) is 8.70. The number of carbonyl (C=O) groups excluding carboxylic acids is 2. The van der Waals surface area contributed by atoms with Gasteiger partial charge in [-0.25, -0.2) is 9.50 Å². The van der Waals surface area contributed by atoms with Crippen molar-refractivity contribution in [3.05, 3.63) is 35.9 Å². The van der Waals surface area contributed by atoms with Gasteiger partial charge >= 0.3 is 0 Å². The molecule has 31 heavy (non-hydrogen) atoms. The van der Waals surface area contributed by atoms with E-state index >= 15 is 0 Å². The number of rotatable bonds is 7. The van der Waals surface area contributed by atoms with Crippen molar-refractivity contribution >= 4 is 29.0 Å². The fraction of sp³-hybridized carbons (Fsp3) is 0.421. The predicted octanol–water partition coefficient (Wildman–Crippen LogP) is -0.0489. The molecular weight excluding hydrogens is 402 g/mol. The van der Waals surface area contributed by atoms with Crippen molar-refractivity contribution in [3.63, 3.8) is 0 Å². The van der Waals surface area contributed by atoms with Gasteiger partial charge in [-0.15, -0.1) is 0 Å². The number of nitrogens with one attached hydrogen (secondary N) is 2. The van der Waals surface area contributed by atoms with Crippen LogP contribution >= 0.6 is 0 Å². The van der Waals surface area contributed by atoms with Crippen LogP contribution in [-0.2, 0) is 6.54 Å². The molecule has 12 nitrogen and oxygen atoms in total. The fourth-order valence-electron chi connectivity index (χ4n) is 3.74. The van der Waals surface area contributed by atoms with Crippen LogP contribution < -0.4 is 22.1 Å². The van der Waals surface area contributed by atoms with Crippen molar-refractivity contribution in [1.82, 2.24) is 24.4 Å². The minimum atomic E-state index is -0.791. The highest BCUT2D eigenvalue weighted by atomic mass is 16.3. The first-order valence-electron chi connectivity index (χ1n) is 10.1. The van der Waals surface area contributed by atoms with Gasteiger partial charge in [-0.3, -0.25) is 14.3 Å². The number of carbonyl (C=O) groups is 2. The van der Waals surface area contributed by atoms with Crippen molar-refractivity contribution in [2.24, 2.45) is 11.5 Å². The van der Waals surface area contributed by atoms with Crippen LogP contribution in [0.25, 0.3) is 5.65 Å². The van der Waals surface area contributed by atoms with Crippen LogP contribution in [0.1, 0.15) is 46.5 Å². The zero-order chi connectivity index (χ0) is 22.0. The number of anilines is 2. The molecule has 164 valence electrons. The maximum Gasteiger partial charge on any atom is 0.271 e. The van der Waals surface area contributed by atoms with Gasteiger partial charge in [-0.1, -0.05) is 12.8 Å². The highest BCUT2D eigenvalue weighted by molar-refractivity contribution is 6.10. The molecular formula is C19H25N9O3. The van der Waals surface area contributed by atoms with E-state index in [0.717, 1.165) is 25.7 Å². The molecule has 3 aromatic heterocycles. The lowest BCUT2D eigenvalue weighted by atomic mass is 9.91. The number of nitrogens with zero attached hydrogens (tertiary/aromatic N) is 5. The van der Waals surface area contributed by atoms with E-state index in [1.54, 1.807) is 12.3 Å². The first-order valence-corrected chi connectivity index (χ1v) is 10.1. The summed E-state index contributed by atoms with van der Waals surface area (Å²) >= 11 is 0. The monoisotopic (exact) mass is 427 g/mol. The highest BCUT2D eigenvalue weighted by Gasteiger charge is 2.23. The number of fused-ring (bicyclic) bond motifs is 1. The molecule has 0 aromatic carbocycles. The summed E-state index contributed by atoms with van der Waals surface area (Å²) in [7, 11) is 0. The molecule has 0 radical (unpaired) electrons. The second-order valence-corrected chi connectivity index (χ2v) is 7.53. The molecule has 2 atom stereocenters. The maximum absolute atomic E-state index is 12.9. The predicted molar refractivity (Wildman–Crippen MR) is 113 cm³/mol. The van der Waals surface area contributed by atoms with Crippen LogP contribution in [0.5, 0.6) is 0 Å². The normalized spacial score (nSPS) is 18.8. The quantitative estimate of drug-likeness (QED) is 0.348. The summed E-state index contributed by atoms with van der Waals surface area (Å²) in [5, 5.41) is 23.2. The summed E-state index contributed by atoms with van der Waals surface area (Å²) in [6.45, 7) is -0.0155. The minimum absolute atomic E-state index is 0.0575. The van der Waals surface area contributed by atoms with Gasteiger partial charge < -0.3 is 27.2 Å². The lowest BCUT2D eigenvalue weighted by Gasteiger charge is -2.29. The van der Waals surface area contributed by atoms with E-state index in [9.17, 15) is 9.59 Å². The van der Waals surface area contributed by atoms with Gasteiger partial charge in [-0.2, -0.15) is 10.2 Å². The van der Waals surface area contributed by atoms with Gasteiger partial charge in [0.2, 0.25) is 0 Å². The number of primary amides is 1. The highest BCUT2D eigenvalue weighted by Crippen LogP contribution is 2.22. The third-order valence-corrected chi connectivity index (χ3v) is 5.34. The summed E-state index contributed by atoms with van der Waals surface area (Å²) in [5.41, 5.74) is 12.2. The molecule has 1 fully saturated rings. The van der Waals surface area contributed by atoms with E-state index in [2.05, 4.69) is 25.8 Å². The zero-order valence-corrected chi connectivity index (χ0v) is 16.9. The number of aromatic nitrogens is 5. The van der Waals surface area contributed by atoms with Gasteiger partial charge in [0, 0.05) is 24.5 Å². The van der Waals surface area contributed by atoms with E-state index in [-0.39, 0.29) is 42.2 Å². The maximum atomic E-state index is 12.9. The van der Waals surface area contributed by atoms with Crippen LogP contribution in [0.15, 0.2) is 24.7 Å². The molecule has 0 unspecified atom stereocenters. The van der Waals surface area contributed by atoms with Crippen LogP contribution in [0, 0.1) is 0 Å². The Morgan fingerprint density at radius 3 is 2.84 bits per heavy atom. The van der Waals surface area contributed by atoms with E-state index in [1.165, 1.54) is 21.6 Å². The van der Waals surface area contributed by atoms with E-state index in [4.69, 9.17) is 16.6 Å². The van der Waals surface area contributed by atoms with Gasteiger partial charge in [0.05, 0.1) is 25.0 Å². The molecule has 1 aliphatic rings. The van der Waals surface area contributed by atoms with Crippen molar-refractivity contribution in [3.8, 4) is 0 Å². The van der Waals surface area contributed by atoms with Gasteiger partial charge in [0.15, 0.2) is 11.3 Å². The number of amides is 2. The van der Waals surface area contributed by atoms with Crippen LogP contribution in [0.2, 0.25) is 0 Å². The molecule has 1 saturated carbocycles. The third-order valence-electron chi connectivity index (χ3n) is 5.34. The molecule has 7 N–H and O–H groups in total. The van der Waals surface area contributed by atoms with Crippen molar-refractivity contribution in [1.29, 1.82) is 0 Å². The van der Waals surface area contributed by atoms with E-state index in [0.29, 0.717) is 11.5 Å². The molecule has 2 amide bonds. The Hall–Kier alpha value is -3.51. The van der Waals surface area contributed by atoms with Gasteiger partial charge in [0.1, 0.15) is 11.4 Å². The summed E-state index contributed by atoms with van der Waals surface area (Å²) in [6, 6.07) is 1.97. The molecule has 0 bridgehead atoms. The Labute approximate surface area is 177 Å². The molecule has 1 aliphatic carbocycles. The lowest BCUT2D eigenvalue weighted by molar-refractivity contribution is 0.0995. The van der Waals surface area contributed by atoms with Crippen LogP contribution in [-0.4, -0.2) is 60.0 Å². The average molecular weight is 427 g/mol. The Morgan fingerprint density at radius 1 is 1.29 bits per heavy atom. The number of aliphatic hydroxyl groups excluding tert-OH is 1. The second-order valence-electron chi connectivity index (χ2n) is 7.53. The molecule has 12 heteroatoms. The van der Waals surface area contributed by atoms with Crippen LogP contribution in [0.3, 0.4) is 0 Å². The minimum Gasteiger partial charge on any atom is -0.394 e. The SMILES string of the molecule is NC(=O)c1nn(CCO)cc1NC(=O)c1cnn2ccc(N[C@@H]3CCCC[C@@H]3N)nc12. The smallest absolute Gasteiger partial charge is 0.271 e.